The number of rotatable bonds is 5. The van der Waals surface area contributed by atoms with Gasteiger partial charge in [-0.3, -0.25) is 4.79 Å². The second-order valence-corrected chi connectivity index (χ2v) is 9.21. The van der Waals surface area contributed by atoms with Crippen molar-refractivity contribution in [2.24, 2.45) is 11.7 Å². The third-order valence-corrected chi connectivity index (χ3v) is 6.95. The Morgan fingerprint density at radius 1 is 1.07 bits per heavy atom. The van der Waals surface area contributed by atoms with E-state index < -0.39 is 9.84 Å². The van der Waals surface area contributed by atoms with Crippen molar-refractivity contribution in [3.8, 4) is 0 Å². The lowest BCUT2D eigenvalue weighted by Crippen LogP contribution is -2.42. The number of carbonyl (C=O) groups is 1. The Hall–Kier alpha value is -1.89. The number of likely N-dealkylation sites (tertiary alicyclic amines) is 1. The van der Waals surface area contributed by atoms with E-state index in [2.05, 4.69) is 0 Å². The average Bonchev–Trinajstić information content (AvgIpc) is 2.68. The predicted octanol–water partition coefficient (Wildman–Crippen LogP) is 3.28. The Morgan fingerprint density at radius 2 is 1.64 bits per heavy atom. The second-order valence-electron chi connectivity index (χ2n) is 7.22. The number of hydrogen-bond donors (Lipinski definition) is 1. The van der Waals surface area contributed by atoms with Crippen molar-refractivity contribution in [1.82, 2.24) is 4.90 Å². The summed E-state index contributed by atoms with van der Waals surface area (Å²) in [5.74, 6) is 0.148. The van der Waals surface area contributed by atoms with Crippen LogP contribution in [0.5, 0.6) is 0 Å². The van der Waals surface area contributed by atoms with E-state index in [-0.39, 0.29) is 35.0 Å². The molecular formula is C21H27ClN2O3S. The summed E-state index contributed by atoms with van der Waals surface area (Å²) in [7, 11) is -3.51. The third kappa shape index (κ3) is 5.13. The number of halogens is 1. The molecule has 3 rings (SSSR count). The fourth-order valence-electron chi connectivity index (χ4n) is 3.57. The minimum atomic E-state index is -3.51. The van der Waals surface area contributed by atoms with Crippen LogP contribution >= 0.6 is 12.4 Å². The number of benzene rings is 2. The van der Waals surface area contributed by atoms with Crippen molar-refractivity contribution in [3.05, 3.63) is 65.7 Å². The van der Waals surface area contributed by atoms with Crippen LogP contribution in [0.25, 0.3) is 0 Å². The fourth-order valence-corrected chi connectivity index (χ4v) is 4.97. The SMILES string of the molecule is CC(N)C1CCN(C(=O)c2ccccc2CS(=O)(=O)c2ccccc2)CC1.Cl. The lowest BCUT2D eigenvalue weighted by atomic mass is 9.90. The molecule has 1 atom stereocenters. The predicted molar refractivity (Wildman–Crippen MR) is 113 cm³/mol. The van der Waals surface area contributed by atoms with Gasteiger partial charge in [-0.2, -0.15) is 0 Å². The summed E-state index contributed by atoms with van der Waals surface area (Å²) >= 11 is 0. The molecular weight excluding hydrogens is 396 g/mol. The third-order valence-electron chi connectivity index (χ3n) is 5.27. The first-order valence-electron chi connectivity index (χ1n) is 9.29. The van der Waals surface area contributed by atoms with Crippen molar-refractivity contribution in [2.45, 2.75) is 36.5 Å². The van der Waals surface area contributed by atoms with Gasteiger partial charge in [-0.05, 0) is 49.4 Å². The average molecular weight is 423 g/mol. The summed E-state index contributed by atoms with van der Waals surface area (Å²) in [6.45, 7) is 3.32. The Morgan fingerprint density at radius 3 is 2.25 bits per heavy atom. The van der Waals surface area contributed by atoms with Crippen molar-refractivity contribution in [1.29, 1.82) is 0 Å². The molecule has 1 amide bonds. The lowest BCUT2D eigenvalue weighted by Gasteiger charge is -2.34. The molecule has 28 heavy (non-hydrogen) atoms. The van der Waals surface area contributed by atoms with Crippen LogP contribution in [0.2, 0.25) is 0 Å². The Balaban J connectivity index is 0.00000280. The number of nitrogens with two attached hydrogens (primary N) is 1. The zero-order chi connectivity index (χ0) is 19.4. The van der Waals surface area contributed by atoms with Gasteiger partial charge in [0.15, 0.2) is 9.84 Å². The summed E-state index contributed by atoms with van der Waals surface area (Å²) in [4.78, 5) is 15.1. The summed E-state index contributed by atoms with van der Waals surface area (Å²) < 4.78 is 25.5. The summed E-state index contributed by atoms with van der Waals surface area (Å²) in [6, 6.07) is 15.5. The zero-order valence-corrected chi connectivity index (χ0v) is 17.6. The van der Waals surface area contributed by atoms with Crippen molar-refractivity contribution in [2.75, 3.05) is 13.1 Å². The number of nitrogens with zero attached hydrogens (tertiary/aromatic N) is 1. The maximum absolute atomic E-state index is 13.0. The molecule has 2 aromatic carbocycles. The van der Waals surface area contributed by atoms with Crippen LogP contribution in [0.3, 0.4) is 0 Å². The van der Waals surface area contributed by atoms with Crippen LogP contribution < -0.4 is 5.73 Å². The van der Waals surface area contributed by atoms with E-state index in [1.165, 1.54) is 0 Å². The van der Waals surface area contributed by atoms with Crippen molar-refractivity contribution >= 4 is 28.2 Å². The standard InChI is InChI=1S/C21H26N2O3S.ClH/c1-16(22)17-11-13-23(14-12-17)21(24)20-10-6-5-7-18(20)15-27(25,26)19-8-3-2-4-9-19;/h2-10,16-17H,11-15,22H2,1H3;1H. The Kier molecular flexibility index (Phi) is 7.63. The van der Waals surface area contributed by atoms with Gasteiger partial charge in [-0.15, -0.1) is 12.4 Å². The van der Waals surface area contributed by atoms with Gasteiger partial charge in [-0.1, -0.05) is 36.4 Å². The van der Waals surface area contributed by atoms with Crippen LogP contribution in [-0.4, -0.2) is 38.4 Å². The van der Waals surface area contributed by atoms with Gasteiger partial charge < -0.3 is 10.6 Å². The molecule has 1 fully saturated rings. The van der Waals surface area contributed by atoms with Gasteiger partial charge in [0.1, 0.15) is 0 Å². The van der Waals surface area contributed by atoms with Gasteiger partial charge in [0.2, 0.25) is 0 Å². The van der Waals surface area contributed by atoms with E-state index in [9.17, 15) is 13.2 Å². The first kappa shape index (κ1) is 22.4. The molecule has 1 aliphatic rings. The molecule has 5 nitrogen and oxygen atoms in total. The second kappa shape index (κ2) is 9.54. The Bertz CT molecular complexity index is 893. The topological polar surface area (TPSA) is 80.5 Å². The van der Waals surface area contributed by atoms with E-state index in [1.807, 2.05) is 11.8 Å². The van der Waals surface area contributed by atoms with Crippen LogP contribution in [0.1, 0.15) is 35.7 Å². The highest BCUT2D eigenvalue weighted by molar-refractivity contribution is 7.90. The van der Waals surface area contributed by atoms with Crippen molar-refractivity contribution in [3.63, 3.8) is 0 Å². The minimum absolute atomic E-state index is 0. The Labute approximate surface area is 173 Å². The lowest BCUT2D eigenvalue weighted by molar-refractivity contribution is 0.0680. The largest absolute Gasteiger partial charge is 0.339 e. The van der Waals surface area contributed by atoms with E-state index >= 15 is 0 Å². The molecule has 1 unspecified atom stereocenters. The van der Waals surface area contributed by atoms with Crippen molar-refractivity contribution < 1.29 is 13.2 Å². The highest BCUT2D eigenvalue weighted by Crippen LogP contribution is 2.24. The van der Waals surface area contributed by atoms with Crippen LogP contribution in [-0.2, 0) is 15.6 Å². The molecule has 1 aliphatic heterocycles. The molecule has 2 N–H and O–H groups in total. The molecule has 0 radical (unpaired) electrons. The number of hydrogen-bond acceptors (Lipinski definition) is 4. The molecule has 7 heteroatoms. The fraction of sp³-hybridized carbons (Fsp3) is 0.381. The zero-order valence-electron chi connectivity index (χ0n) is 16.0. The molecule has 0 bridgehead atoms. The molecule has 0 aromatic heterocycles. The number of amides is 1. The van der Waals surface area contributed by atoms with Gasteiger partial charge in [0.25, 0.3) is 5.91 Å². The molecule has 1 saturated heterocycles. The first-order valence-corrected chi connectivity index (χ1v) is 10.9. The van der Waals surface area contributed by atoms with Gasteiger partial charge >= 0.3 is 0 Å². The summed E-state index contributed by atoms with van der Waals surface area (Å²) in [6.07, 6.45) is 1.77. The van der Waals surface area contributed by atoms with Gasteiger partial charge in [0, 0.05) is 24.7 Å². The first-order chi connectivity index (χ1) is 12.9. The summed E-state index contributed by atoms with van der Waals surface area (Å²) in [5.41, 5.74) is 6.99. The smallest absolute Gasteiger partial charge is 0.254 e. The highest BCUT2D eigenvalue weighted by Gasteiger charge is 2.27. The van der Waals surface area contributed by atoms with Crippen LogP contribution in [0.15, 0.2) is 59.5 Å². The normalized spacial score (nSPS) is 16.3. The quantitative estimate of drug-likeness (QED) is 0.801. The molecule has 0 saturated carbocycles. The van der Waals surface area contributed by atoms with E-state index in [0.717, 1.165) is 12.8 Å². The molecule has 0 aliphatic carbocycles. The number of piperidine rings is 1. The molecule has 152 valence electrons. The van der Waals surface area contributed by atoms with Crippen LogP contribution in [0, 0.1) is 5.92 Å². The van der Waals surface area contributed by atoms with E-state index in [4.69, 9.17) is 5.73 Å². The van der Waals surface area contributed by atoms with Gasteiger partial charge in [0.05, 0.1) is 10.6 Å². The molecule has 2 aromatic rings. The maximum atomic E-state index is 13.0. The monoisotopic (exact) mass is 422 g/mol. The van der Waals surface area contributed by atoms with Crippen LogP contribution in [0.4, 0.5) is 0 Å². The van der Waals surface area contributed by atoms with E-state index in [0.29, 0.717) is 30.1 Å². The molecule has 0 spiro atoms. The number of sulfone groups is 1. The number of carbonyl (C=O) groups excluding carboxylic acids is 1. The van der Waals surface area contributed by atoms with Gasteiger partial charge in [-0.25, -0.2) is 8.42 Å². The maximum Gasteiger partial charge on any atom is 0.254 e. The summed E-state index contributed by atoms with van der Waals surface area (Å²) in [5, 5.41) is 0. The van der Waals surface area contributed by atoms with E-state index in [1.54, 1.807) is 54.6 Å². The highest BCUT2D eigenvalue weighted by atomic mass is 35.5. The minimum Gasteiger partial charge on any atom is -0.339 e. The molecule has 1 heterocycles.